The number of nitrogens with zero attached hydrogens (tertiary/aromatic N) is 2. The fourth-order valence-electron chi connectivity index (χ4n) is 2.86. The summed E-state index contributed by atoms with van der Waals surface area (Å²) in [6.07, 6.45) is 4.94. The van der Waals surface area contributed by atoms with Gasteiger partial charge in [-0.1, -0.05) is 48.5 Å². The zero-order chi connectivity index (χ0) is 17.5. The minimum absolute atomic E-state index is 0.0314. The van der Waals surface area contributed by atoms with Gasteiger partial charge in [-0.05, 0) is 24.6 Å². The van der Waals surface area contributed by atoms with Crippen molar-refractivity contribution in [1.29, 1.82) is 0 Å². The molecule has 0 bridgehead atoms. The Balaban J connectivity index is 1.68. The van der Waals surface area contributed by atoms with E-state index in [4.69, 9.17) is 0 Å². The lowest BCUT2D eigenvalue weighted by molar-refractivity contribution is -0.696. The number of para-hydroxylation sites is 1. The van der Waals surface area contributed by atoms with Crippen LogP contribution >= 0.6 is 0 Å². The van der Waals surface area contributed by atoms with Gasteiger partial charge in [0, 0.05) is 30.8 Å². The van der Waals surface area contributed by atoms with Gasteiger partial charge in [-0.2, -0.15) is 0 Å². The summed E-state index contributed by atoms with van der Waals surface area (Å²) in [5, 5.41) is 0. The zero-order valence-corrected chi connectivity index (χ0v) is 14.5. The molecule has 0 unspecified atom stereocenters. The Bertz CT molecular complexity index is 798. The van der Waals surface area contributed by atoms with Crippen LogP contribution in [0.4, 0.5) is 5.69 Å². The molecule has 0 atom stereocenters. The van der Waals surface area contributed by atoms with Gasteiger partial charge in [0.05, 0.1) is 5.56 Å². The Kier molecular flexibility index (Phi) is 5.57. The van der Waals surface area contributed by atoms with Crippen molar-refractivity contribution >= 4 is 11.6 Å². The molecule has 1 aromatic heterocycles. The molecule has 2 aromatic carbocycles. The van der Waals surface area contributed by atoms with Crippen molar-refractivity contribution < 1.29 is 9.36 Å². The average molecular weight is 331 g/mol. The molecule has 25 heavy (non-hydrogen) atoms. The predicted octanol–water partition coefficient (Wildman–Crippen LogP) is 3.88. The number of amides is 1. The number of carbonyl (C=O) groups excluding carboxylic acids is 1. The molecule has 0 aliphatic carbocycles. The summed E-state index contributed by atoms with van der Waals surface area (Å²) in [4.78, 5) is 14.6. The van der Waals surface area contributed by atoms with E-state index in [1.807, 2.05) is 67.8 Å². The van der Waals surface area contributed by atoms with Crippen LogP contribution in [0.2, 0.25) is 0 Å². The van der Waals surface area contributed by atoms with Gasteiger partial charge in [-0.15, -0.1) is 0 Å². The molecule has 0 N–H and O–H groups in total. The van der Waals surface area contributed by atoms with Gasteiger partial charge in [-0.3, -0.25) is 4.79 Å². The first-order chi connectivity index (χ1) is 12.3. The Labute approximate surface area is 149 Å². The van der Waals surface area contributed by atoms with E-state index in [1.165, 1.54) is 5.56 Å². The molecule has 0 spiro atoms. The molecule has 1 amide bonds. The highest BCUT2D eigenvalue weighted by molar-refractivity contribution is 6.05. The van der Waals surface area contributed by atoms with Crippen molar-refractivity contribution in [3.05, 3.63) is 96.3 Å². The fourth-order valence-corrected chi connectivity index (χ4v) is 2.86. The average Bonchev–Trinajstić information content (AvgIpc) is 2.69. The third-order valence-electron chi connectivity index (χ3n) is 4.27. The maximum Gasteiger partial charge on any atom is 0.258 e. The summed E-state index contributed by atoms with van der Waals surface area (Å²) in [6, 6.07) is 24.0. The second-order valence-corrected chi connectivity index (χ2v) is 5.95. The van der Waals surface area contributed by atoms with Crippen molar-refractivity contribution in [2.45, 2.75) is 19.9 Å². The third kappa shape index (κ3) is 4.32. The second-order valence-electron chi connectivity index (χ2n) is 5.95. The van der Waals surface area contributed by atoms with Gasteiger partial charge < -0.3 is 4.90 Å². The Morgan fingerprint density at radius 2 is 1.48 bits per heavy atom. The molecule has 0 radical (unpaired) electrons. The van der Waals surface area contributed by atoms with Crippen molar-refractivity contribution in [3.8, 4) is 0 Å². The second kappa shape index (κ2) is 8.25. The van der Waals surface area contributed by atoms with Gasteiger partial charge in [0.1, 0.15) is 0 Å². The van der Waals surface area contributed by atoms with Crippen molar-refractivity contribution in [2.24, 2.45) is 0 Å². The van der Waals surface area contributed by atoms with Crippen molar-refractivity contribution in [1.82, 2.24) is 0 Å². The molecular formula is C22H23N2O+. The topological polar surface area (TPSA) is 24.2 Å². The summed E-state index contributed by atoms with van der Waals surface area (Å²) >= 11 is 0. The highest BCUT2D eigenvalue weighted by Crippen LogP contribution is 2.16. The van der Waals surface area contributed by atoms with Crippen LogP contribution in [0.5, 0.6) is 0 Å². The highest BCUT2D eigenvalue weighted by Gasteiger charge is 2.16. The number of benzene rings is 2. The minimum Gasteiger partial charge on any atom is -0.309 e. The number of rotatable bonds is 6. The SMILES string of the molecule is CCN(C(=O)c1cc[n+](CCc2ccccc2)cc1)c1ccccc1. The summed E-state index contributed by atoms with van der Waals surface area (Å²) < 4.78 is 2.11. The van der Waals surface area contributed by atoms with E-state index in [9.17, 15) is 4.79 Å². The smallest absolute Gasteiger partial charge is 0.258 e. The largest absolute Gasteiger partial charge is 0.309 e. The number of anilines is 1. The fraction of sp³-hybridized carbons (Fsp3) is 0.182. The molecule has 3 nitrogen and oxygen atoms in total. The summed E-state index contributed by atoms with van der Waals surface area (Å²) in [5.41, 5.74) is 2.95. The molecule has 0 aliphatic heterocycles. The number of hydrogen-bond donors (Lipinski definition) is 0. The molecule has 3 aromatic rings. The molecule has 3 rings (SSSR count). The van der Waals surface area contributed by atoms with Gasteiger partial charge >= 0.3 is 0 Å². The van der Waals surface area contributed by atoms with Crippen LogP contribution in [0.3, 0.4) is 0 Å². The molecule has 126 valence electrons. The lowest BCUT2D eigenvalue weighted by atomic mass is 10.1. The summed E-state index contributed by atoms with van der Waals surface area (Å²) in [6.45, 7) is 3.54. The quantitative estimate of drug-likeness (QED) is 0.629. The van der Waals surface area contributed by atoms with Crippen LogP contribution in [-0.4, -0.2) is 12.5 Å². The Morgan fingerprint density at radius 1 is 0.880 bits per heavy atom. The van der Waals surface area contributed by atoms with E-state index in [-0.39, 0.29) is 5.91 Å². The standard InChI is InChI=1S/C22H23N2O/c1-2-24(21-11-7-4-8-12-21)22(25)20-14-17-23(18-15-20)16-13-19-9-5-3-6-10-19/h3-12,14-15,17-18H,2,13,16H2,1H3/q+1. The van der Waals surface area contributed by atoms with Crippen LogP contribution in [0.15, 0.2) is 85.2 Å². The van der Waals surface area contributed by atoms with E-state index in [2.05, 4.69) is 28.8 Å². The molecule has 0 saturated carbocycles. The van der Waals surface area contributed by atoms with Crippen molar-refractivity contribution in [2.75, 3.05) is 11.4 Å². The first kappa shape index (κ1) is 16.9. The predicted molar refractivity (Wildman–Crippen MR) is 101 cm³/mol. The van der Waals surface area contributed by atoms with Crippen LogP contribution in [-0.2, 0) is 13.0 Å². The molecular weight excluding hydrogens is 308 g/mol. The lowest BCUT2D eigenvalue weighted by Crippen LogP contribution is -2.35. The van der Waals surface area contributed by atoms with E-state index >= 15 is 0 Å². The molecule has 1 heterocycles. The Hall–Kier alpha value is -2.94. The summed E-state index contributed by atoms with van der Waals surface area (Å²) in [7, 11) is 0. The first-order valence-electron chi connectivity index (χ1n) is 8.68. The number of aromatic nitrogens is 1. The third-order valence-corrected chi connectivity index (χ3v) is 4.27. The van der Waals surface area contributed by atoms with Gasteiger partial charge in [0.25, 0.3) is 5.91 Å². The molecule has 3 heteroatoms. The molecule has 0 fully saturated rings. The van der Waals surface area contributed by atoms with Crippen LogP contribution < -0.4 is 9.47 Å². The minimum atomic E-state index is 0.0314. The van der Waals surface area contributed by atoms with Crippen LogP contribution in [0.25, 0.3) is 0 Å². The molecule has 0 aliphatic rings. The number of aryl methyl sites for hydroxylation is 2. The summed E-state index contributed by atoms with van der Waals surface area (Å²) in [5.74, 6) is 0.0314. The molecule has 0 saturated heterocycles. The monoisotopic (exact) mass is 331 g/mol. The maximum atomic E-state index is 12.8. The van der Waals surface area contributed by atoms with Crippen molar-refractivity contribution in [3.63, 3.8) is 0 Å². The van der Waals surface area contributed by atoms with Gasteiger partial charge in [-0.25, -0.2) is 4.57 Å². The highest BCUT2D eigenvalue weighted by atomic mass is 16.2. The Morgan fingerprint density at radius 3 is 2.08 bits per heavy atom. The van der Waals surface area contributed by atoms with Crippen LogP contribution in [0.1, 0.15) is 22.8 Å². The number of pyridine rings is 1. The van der Waals surface area contributed by atoms with E-state index < -0.39 is 0 Å². The van der Waals surface area contributed by atoms with Gasteiger partial charge in [0.2, 0.25) is 0 Å². The lowest BCUT2D eigenvalue weighted by Gasteiger charge is -2.20. The van der Waals surface area contributed by atoms with E-state index in [0.29, 0.717) is 12.1 Å². The normalized spacial score (nSPS) is 10.4. The van der Waals surface area contributed by atoms with E-state index in [1.54, 1.807) is 4.90 Å². The van der Waals surface area contributed by atoms with E-state index in [0.717, 1.165) is 18.7 Å². The first-order valence-corrected chi connectivity index (χ1v) is 8.68. The van der Waals surface area contributed by atoms with Gasteiger partial charge in [0.15, 0.2) is 18.9 Å². The zero-order valence-electron chi connectivity index (χ0n) is 14.5. The number of hydrogen-bond acceptors (Lipinski definition) is 1. The number of carbonyl (C=O) groups is 1. The maximum absolute atomic E-state index is 12.8. The van der Waals surface area contributed by atoms with Crippen LogP contribution in [0, 0.1) is 0 Å².